The number of hydrogen-bond donors (Lipinski definition) is 0. The molecule has 0 aliphatic carbocycles. The van der Waals surface area contributed by atoms with E-state index in [4.69, 9.17) is 4.74 Å². The Kier molecular flexibility index (Phi) is 2.17. The van der Waals surface area contributed by atoms with Crippen LogP contribution >= 0.6 is 0 Å². The third-order valence-electron chi connectivity index (χ3n) is 3.06. The summed E-state index contributed by atoms with van der Waals surface area (Å²) in [7, 11) is 0. The minimum atomic E-state index is 0.214. The van der Waals surface area contributed by atoms with Crippen molar-refractivity contribution in [3.8, 4) is 5.75 Å². The zero-order chi connectivity index (χ0) is 11.0. The van der Waals surface area contributed by atoms with Gasteiger partial charge in [0.05, 0.1) is 0 Å². The van der Waals surface area contributed by atoms with Gasteiger partial charge in [-0.05, 0) is 23.9 Å². The van der Waals surface area contributed by atoms with Crippen molar-refractivity contribution in [2.24, 2.45) is 0 Å². The summed E-state index contributed by atoms with van der Waals surface area (Å²) in [5, 5.41) is 2.48. The number of ether oxygens (including phenoxy) is 1. The predicted octanol–water partition coefficient (Wildman–Crippen LogP) is 3.72. The highest BCUT2D eigenvalue weighted by Gasteiger charge is 2.22. The quantitative estimate of drug-likeness (QED) is 0.652. The van der Waals surface area contributed by atoms with Crippen molar-refractivity contribution in [3.05, 3.63) is 54.1 Å². The van der Waals surface area contributed by atoms with Gasteiger partial charge in [0.25, 0.3) is 0 Å². The van der Waals surface area contributed by atoms with Gasteiger partial charge < -0.3 is 4.74 Å². The number of rotatable bonds is 1. The van der Waals surface area contributed by atoms with E-state index in [1.807, 2.05) is 6.92 Å². The van der Waals surface area contributed by atoms with E-state index in [2.05, 4.69) is 48.6 Å². The summed E-state index contributed by atoms with van der Waals surface area (Å²) >= 11 is 0. The van der Waals surface area contributed by atoms with Gasteiger partial charge in [0.2, 0.25) is 0 Å². The molecule has 1 heterocycles. The smallest absolute Gasteiger partial charge is 0.131 e. The highest BCUT2D eigenvalue weighted by molar-refractivity contribution is 5.90. The fraction of sp³-hybridized carbons (Fsp3) is 0.200. The van der Waals surface area contributed by atoms with Crippen molar-refractivity contribution in [2.75, 3.05) is 0 Å². The van der Waals surface area contributed by atoms with E-state index in [-0.39, 0.29) is 6.10 Å². The van der Waals surface area contributed by atoms with E-state index in [1.54, 1.807) is 0 Å². The molecular weight excluding hydrogens is 196 g/mol. The van der Waals surface area contributed by atoms with E-state index in [0.29, 0.717) is 0 Å². The second-order valence-electron chi connectivity index (χ2n) is 4.16. The maximum Gasteiger partial charge on any atom is 0.131 e. The van der Waals surface area contributed by atoms with Crippen molar-refractivity contribution in [1.29, 1.82) is 0 Å². The van der Waals surface area contributed by atoms with Crippen LogP contribution < -0.4 is 4.74 Å². The molecule has 1 unspecified atom stereocenters. The first-order valence-corrected chi connectivity index (χ1v) is 5.68. The topological polar surface area (TPSA) is 9.23 Å². The van der Waals surface area contributed by atoms with Gasteiger partial charge in [0.1, 0.15) is 11.9 Å². The Balaban J connectivity index is 2.13. The third kappa shape index (κ3) is 1.40. The first-order valence-electron chi connectivity index (χ1n) is 5.68. The molecule has 1 atom stereocenters. The van der Waals surface area contributed by atoms with Crippen LogP contribution in [0.15, 0.2) is 48.6 Å². The van der Waals surface area contributed by atoms with Gasteiger partial charge in [0.15, 0.2) is 0 Å². The van der Waals surface area contributed by atoms with Crippen LogP contribution in [0.4, 0.5) is 0 Å². The standard InChI is InChI=1S/C15H14O/c1-2-5-13-10-12-9-8-11-6-3-4-7-14(11)15(12)16-13/h2-9,13H,10H2,1H3/b5-2+. The molecule has 0 radical (unpaired) electrons. The lowest BCUT2D eigenvalue weighted by Gasteiger charge is -2.06. The molecule has 0 saturated carbocycles. The second-order valence-corrected chi connectivity index (χ2v) is 4.16. The second kappa shape index (κ2) is 3.67. The van der Waals surface area contributed by atoms with Crippen LogP contribution in [0.1, 0.15) is 12.5 Å². The highest BCUT2D eigenvalue weighted by Crippen LogP contribution is 2.36. The highest BCUT2D eigenvalue weighted by atomic mass is 16.5. The molecule has 1 heteroatoms. The first kappa shape index (κ1) is 9.46. The van der Waals surface area contributed by atoms with Crippen molar-refractivity contribution < 1.29 is 4.74 Å². The average molecular weight is 210 g/mol. The zero-order valence-electron chi connectivity index (χ0n) is 9.31. The lowest BCUT2D eigenvalue weighted by molar-refractivity contribution is 0.286. The number of allylic oxidation sites excluding steroid dienone is 1. The summed E-state index contributed by atoms with van der Waals surface area (Å²) in [6, 6.07) is 12.7. The van der Waals surface area contributed by atoms with Crippen LogP contribution in [0.25, 0.3) is 10.8 Å². The lowest BCUT2D eigenvalue weighted by Crippen LogP contribution is -2.08. The van der Waals surface area contributed by atoms with Crippen LogP contribution in [0.2, 0.25) is 0 Å². The number of benzene rings is 2. The predicted molar refractivity (Wildman–Crippen MR) is 66.9 cm³/mol. The molecule has 3 rings (SSSR count). The van der Waals surface area contributed by atoms with E-state index < -0.39 is 0 Å². The Morgan fingerprint density at radius 3 is 2.94 bits per heavy atom. The van der Waals surface area contributed by atoms with Crippen LogP contribution in [-0.2, 0) is 6.42 Å². The SMILES string of the molecule is C/C=C/C1Cc2ccc3ccccc3c2O1. The maximum atomic E-state index is 5.97. The number of fused-ring (bicyclic) bond motifs is 3. The Morgan fingerprint density at radius 1 is 1.19 bits per heavy atom. The van der Waals surface area contributed by atoms with Gasteiger partial charge in [-0.3, -0.25) is 0 Å². The Bertz CT molecular complexity index is 554. The normalized spacial score (nSPS) is 18.9. The summed E-state index contributed by atoms with van der Waals surface area (Å²) in [6.07, 6.45) is 5.38. The fourth-order valence-electron chi connectivity index (χ4n) is 2.32. The zero-order valence-corrected chi connectivity index (χ0v) is 9.31. The molecule has 0 saturated heterocycles. The molecule has 0 N–H and O–H groups in total. The molecule has 16 heavy (non-hydrogen) atoms. The Labute approximate surface area is 95.4 Å². The minimum Gasteiger partial charge on any atom is -0.485 e. The monoisotopic (exact) mass is 210 g/mol. The van der Waals surface area contributed by atoms with Crippen molar-refractivity contribution in [3.63, 3.8) is 0 Å². The molecule has 1 nitrogen and oxygen atoms in total. The summed E-state index contributed by atoms with van der Waals surface area (Å²) in [6.45, 7) is 2.03. The molecule has 0 aromatic heterocycles. The van der Waals surface area contributed by atoms with Crippen molar-refractivity contribution >= 4 is 10.8 Å². The molecule has 0 fully saturated rings. The lowest BCUT2D eigenvalue weighted by atomic mass is 10.0. The van der Waals surface area contributed by atoms with E-state index in [9.17, 15) is 0 Å². The summed E-state index contributed by atoms with van der Waals surface area (Å²) in [5.41, 5.74) is 1.32. The molecule has 1 aliphatic rings. The summed E-state index contributed by atoms with van der Waals surface area (Å²) < 4.78 is 5.97. The maximum absolute atomic E-state index is 5.97. The molecule has 80 valence electrons. The molecule has 0 bridgehead atoms. The van der Waals surface area contributed by atoms with E-state index in [0.717, 1.165) is 12.2 Å². The summed E-state index contributed by atoms with van der Waals surface area (Å²) in [4.78, 5) is 0. The van der Waals surface area contributed by atoms with Gasteiger partial charge >= 0.3 is 0 Å². The van der Waals surface area contributed by atoms with E-state index >= 15 is 0 Å². The summed E-state index contributed by atoms with van der Waals surface area (Å²) in [5.74, 6) is 1.07. The van der Waals surface area contributed by atoms with Gasteiger partial charge in [-0.15, -0.1) is 0 Å². The van der Waals surface area contributed by atoms with Crippen molar-refractivity contribution in [1.82, 2.24) is 0 Å². The molecule has 0 amide bonds. The Hall–Kier alpha value is -1.76. The molecular formula is C15H14O. The van der Waals surface area contributed by atoms with Crippen LogP contribution in [0.3, 0.4) is 0 Å². The van der Waals surface area contributed by atoms with Crippen LogP contribution in [-0.4, -0.2) is 6.10 Å². The van der Waals surface area contributed by atoms with Crippen LogP contribution in [0.5, 0.6) is 5.75 Å². The first-order chi connectivity index (χ1) is 7.88. The molecule has 0 spiro atoms. The van der Waals surface area contributed by atoms with Gasteiger partial charge in [-0.2, -0.15) is 0 Å². The molecule has 2 aromatic rings. The number of hydrogen-bond acceptors (Lipinski definition) is 1. The van der Waals surface area contributed by atoms with E-state index in [1.165, 1.54) is 16.3 Å². The Morgan fingerprint density at radius 2 is 2.06 bits per heavy atom. The van der Waals surface area contributed by atoms with Crippen molar-refractivity contribution in [2.45, 2.75) is 19.4 Å². The third-order valence-corrected chi connectivity index (χ3v) is 3.06. The average Bonchev–Trinajstić information content (AvgIpc) is 2.72. The molecule has 2 aromatic carbocycles. The van der Waals surface area contributed by atoms with Crippen LogP contribution in [0, 0.1) is 0 Å². The van der Waals surface area contributed by atoms with Gasteiger partial charge in [0, 0.05) is 11.8 Å². The van der Waals surface area contributed by atoms with Gasteiger partial charge in [-0.25, -0.2) is 0 Å². The largest absolute Gasteiger partial charge is 0.485 e. The molecule has 1 aliphatic heterocycles. The fourth-order valence-corrected chi connectivity index (χ4v) is 2.32. The van der Waals surface area contributed by atoms with Gasteiger partial charge in [-0.1, -0.05) is 42.5 Å². The minimum absolute atomic E-state index is 0.214.